The van der Waals surface area contributed by atoms with Crippen molar-refractivity contribution in [2.75, 3.05) is 20.3 Å². The van der Waals surface area contributed by atoms with E-state index in [0.717, 1.165) is 28.1 Å². The smallest absolute Gasteiger partial charge is 0.326 e. The third-order valence-corrected chi connectivity index (χ3v) is 8.50. The molecule has 7 heteroatoms. The zero-order valence-corrected chi connectivity index (χ0v) is 24.1. The average molecular weight is 576 g/mol. The molecule has 0 atom stereocenters. The lowest BCUT2D eigenvalue weighted by atomic mass is 9.71. The second-order valence-corrected chi connectivity index (χ2v) is 11.1. The van der Waals surface area contributed by atoms with Gasteiger partial charge in [-0.1, -0.05) is 66.7 Å². The van der Waals surface area contributed by atoms with E-state index in [4.69, 9.17) is 9.47 Å². The van der Waals surface area contributed by atoms with Gasteiger partial charge in [-0.15, -0.1) is 0 Å². The van der Waals surface area contributed by atoms with Crippen molar-refractivity contribution in [2.45, 2.75) is 44.4 Å². The number of ketones is 3. The number of methoxy groups -OCH3 is 1. The van der Waals surface area contributed by atoms with E-state index in [-0.39, 0.29) is 30.5 Å². The molecule has 0 bridgehead atoms. The van der Waals surface area contributed by atoms with Gasteiger partial charge < -0.3 is 14.4 Å². The minimum absolute atomic E-state index is 0.000476. The van der Waals surface area contributed by atoms with E-state index < -0.39 is 11.9 Å². The van der Waals surface area contributed by atoms with Crippen molar-refractivity contribution >= 4 is 23.3 Å². The average Bonchev–Trinajstić information content (AvgIpc) is 3.05. The predicted molar refractivity (Wildman–Crippen MR) is 161 cm³/mol. The molecule has 0 saturated heterocycles. The topological polar surface area (TPSA) is 90.0 Å². The molecule has 0 amide bonds. The fourth-order valence-electron chi connectivity index (χ4n) is 6.42. The largest absolute Gasteiger partial charge is 0.497 e. The molecule has 0 N–H and O–H groups in total. The number of hydrogen-bond acceptors (Lipinski definition) is 7. The molecule has 0 aromatic heterocycles. The van der Waals surface area contributed by atoms with Crippen molar-refractivity contribution in [3.63, 3.8) is 0 Å². The maximum absolute atomic E-state index is 13.4. The molecule has 1 heterocycles. The molecule has 6 rings (SSSR count). The van der Waals surface area contributed by atoms with E-state index in [9.17, 15) is 19.2 Å². The predicted octanol–water partition coefficient (Wildman–Crippen LogP) is 6.20. The van der Waals surface area contributed by atoms with E-state index in [1.165, 1.54) is 0 Å². The van der Waals surface area contributed by atoms with E-state index >= 15 is 0 Å². The van der Waals surface area contributed by atoms with Crippen molar-refractivity contribution in [3.05, 3.63) is 113 Å². The van der Waals surface area contributed by atoms with Crippen LogP contribution in [0, 0.1) is 0 Å². The van der Waals surface area contributed by atoms with Crippen molar-refractivity contribution < 1.29 is 28.7 Å². The summed E-state index contributed by atoms with van der Waals surface area (Å²) in [5.41, 5.74) is 6.10. The molecule has 3 aliphatic rings. The number of ether oxygens (including phenoxy) is 2. The van der Waals surface area contributed by atoms with Crippen LogP contribution >= 0.6 is 0 Å². The molecular weight excluding hydrogens is 542 g/mol. The molecule has 43 heavy (non-hydrogen) atoms. The Kier molecular flexibility index (Phi) is 8.05. The molecular formula is C36H33NO6. The quantitative estimate of drug-likeness (QED) is 0.233. The first-order chi connectivity index (χ1) is 20.9. The molecule has 2 aliphatic carbocycles. The Balaban J connectivity index is 1.23. The van der Waals surface area contributed by atoms with Gasteiger partial charge in [0.05, 0.1) is 7.11 Å². The number of esters is 1. The molecule has 0 radical (unpaired) electrons. The third kappa shape index (κ3) is 5.67. The van der Waals surface area contributed by atoms with Crippen molar-refractivity contribution in [1.82, 2.24) is 4.90 Å². The SMILES string of the molecule is COc1ccc(C2C3=C(CCCC3=O)N(CC(=O)OCC(=O)c3ccc(-c4ccccc4)cc3)C3=C2C(=O)CCC3)cc1. The Morgan fingerprint density at radius 3 is 1.91 bits per heavy atom. The van der Waals surface area contributed by atoms with Crippen molar-refractivity contribution in [2.24, 2.45) is 0 Å². The lowest BCUT2D eigenvalue weighted by molar-refractivity contribution is -0.143. The maximum Gasteiger partial charge on any atom is 0.326 e. The second-order valence-electron chi connectivity index (χ2n) is 11.1. The Bertz CT molecular complexity index is 1590. The van der Waals surface area contributed by atoms with Crippen LogP contribution in [0.2, 0.25) is 0 Å². The van der Waals surface area contributed by atoms with Gasteiger partial charge in [0, 0.05) is 46.9 Å². The van der Waals surface area contributed by atoms with Gasteiger partial charge in [-0.3, -0.25) is 19.2 Å². The summed E-state index contributed by atoms with van der Waals surface area (Å²) in [4.78, 5) is 54.7. The maximum atomic E-state index is 13.4. The summed E-state index contributed by atoms with van der Waals surface area (Å²) in [6.07, 6.45) is 3.40. The number of carbonyl (C=O) groups is 4. The van der Waals surface area contributed by atoms with Gasteiger partial charge in [0.15, 0.2) is 24.0 Å². The third-order valence-electron chi connectivity index (χ3n) is 8.50. The highest BCUT2D eigenvalue weighted by molar-refractivity contribution is 6.06. The number of hydrogen-bond donors (Lipinski definition) is 0. The summed E-state index contributed by atoms with van der Waals surface area (Å²) in [6.45, 7) is -0.546. The number of rotatable bonds is 8. The molecule has 7 nitrogen and oxygen atoms in total. The van der Waals surface area contributed by atoms with Crippen molar-refractivity contribution in [1.29, 1.82) is 0 Å². The lowest BCUT2D eigenvalue weighted by Gasteiger charge is -2.43. The van der Waals surface area contributed by atoms with Gasteiger partial charge >= 0.3 is 5.97 Å². The van der Waals surface area contributed by atoms with Crippen LogP contribution in [0.15, 0.2) is 101 Å². The minimum Gasteiger partial charge on any atom is -0.497 e. The van der Waals surface area contributed by atoms with Gasteiger partial charge in [-0.2, -0.15) is 0 Å². The Morgan fingerprint density at radius 2 is 1.33 bits per heavy atom. The van der Waals surface area contributed by atoms with E-state index in [2.05, 4.69) is 0 Å². The minimum atomic E-state index is -0.577. The van der Waals surface area contributed by atoms with E-state index in [0.29, 0.717) is 61.0 Å². The van der Waals surface area contributed by atoms with E-state index in [1.54, 1.807) is 19.2 Å². The van der Waals surface area contributed by atoms with Crippen LogP contribution in [0.3, 0.4) is 0 Å². The number of Topliss-reactive ketones (excluding diaryl/α,β-unsaturated/α-hetero) is 3. The van der Waals surface area contributed by atoms with Crippen LogP contribution in [0.5, 0.6) is 5.75 Å². The zero-order valence-electron chi connectivity index (χ0n) is 24.1. The van der Waals surface area contributed by atoms with Crippen LogP contribution in [0.4, 0.5) is 0 Å². The Labute approximate surface area is 250 Å². The standard InChI is InChI=1S/C36H33NO6/c1-42-27-19-17-26(18-20-27)34-35-28(9-5-11-30(35)38)37(29-10-6-12-31(39)36(29)34)21-33(41)43-22-32(40)25-15-13-24(14-16-25)23-7-3-2-4-8-23/h2-4,7-8,13-20,34H,5-6,9-12,21-22H2,1H3. The molecule has 3 aromatic rings. The number of carbonyl (C=O) groups excluding carboxylic acids is 4. The van der Waals surface area contributed by atoms with Gasteiger partial charge in [0.2, 0.25) is 0 Å². The first-order valence-corrected chi connectivity index (χ1v) is 14.7. The van der Waals surface area contributed by atoms with Gasteiger partial charge in [0.25, 0.3) is 0 Å². The molecule has 0 fully saturated rings. The number of benzene rings is 3. The summed E-state index contributed by atoms with van der Waals surface area (Å²) in [7, 11) is 1.60. The normalized spacial score (nSPS) is 17.0. The summed E-state index contributed by atoms with van der Waals surface area (Å²) in [6, 6.07) is 24.6. The lowest BCUT2D eigenvalue weighted by Crippen LogP contribution is -2.41. The summed E-state index contributed by atoms with van der Waals surface area (Å²) >= 11 is 0. The fraction of sp³-hybridized carbons (Fsp3) is 0.278. The molecule has 0 spiro atoms. The summed E-state index contributed by atoms with van der Waals surface area (Å²) < 4.78 is 10.8. The molecule has 0 unspecified atom stereocenters. The second kappa shape index (κ2) is 12.2. The van der Waals surface area contributed by atoms with Gasteiger partial charge in [-0.05, 0) is 54.5 Å². The Hall–Kier alpha value is -4.78. The van der Waals surface area contributed by atoms with Crippen LogP contribution in [-0.4, -0.2) is 48.5 Å². The molecule has 3 aromatic carbocycles. The summed E-state index contributed by atoms with van der Waals surface area (Å²) in [5, 5.41) is 0. The molecule has 0 saturated carbocycles. The highest BCUT2D eigenvalue weighted by Gasteiger charge is 2.43. The first-order valence-electron chi connectivity index (χ1n) is 14.7. The van der Waals surface area contributed by atoms with Crippen LogP contribution < -0.4 is 4.74 Å². The Morgan fingerprint density at radius 1 is 0.744 bits per heavy atom. The molecule has 218 valence electrons. The highest BCUT2D eigenvalue weighted by Crippen LogP contribution is 2.49. The van der Waals surface area contributed by atoms with Gasteiger partial charge in [0.1, 0.15) is 12.3 Å². The zero-order chi connectivity index (χ0) is 29.9. The van der Waals surface area contributed by atoms with Crippen molar-refractivity contribution in [3.8, 4) is 16.9 Å². The van der Waals surface area contributed by atoms with Crippen LogP contribution in [-0.2, 0) is 19.1 Å². The van der Waals surface area contributed by atoms with Crippen LogP contribution in [0.1, 0.15) is 60.4 Å². The molecule has 1 aliphatic heterocycles. The number of nitrogens with zero attached hydrogens (tertiary/aromatic N) is 1. The van der Waals surface area contributed by atoms with Gasteiger partial charge in [-0.25, -0.2) is 0 Å². The van der Waals surface area contributed by atoms with E-state index in [1.807, 2.05) is 71.6 Å². The first kappa shape index (κ1) is 28.3. The van der Waals surface area contributed by atoms with Crippen LogP contribution in [0.25, 0.3) is 11.1 Å². The highest BCUT2D eigenvalue weighted by atomic mass is 16.5. The number of allylic oxidation sites excluding steroid dienone is 4. The fourth-order valence-corrected chi connectivity index (χ4v) is 6.42. The summed E-state index contributed by atoms with van der Waals surface area (Å²) in [5.74, 6) is -0.652. The monoisotopic (exact) mass is 575 g/mol.